The fourth-order valence-electron chi connectivity index (χ4n) is 2.55. The van der Waals surface area contributed by atoms with E-state index >= 15 is 0 Å². The molecule has 4 nitrogen and oxygen atoms in total. The lowest BCUT2D eigenvalue weighted by molar-refractivity contribution is 0.102. The molecule has 1 aliphatic rings. The summed E-state index contributed by atoms with van der Waals surface area (Å²) in [5.74, 6) is -0.102. The quantitative estimate of drug-likeness (QED) is 0.751. The molecule has 1 aliphatic heterocycles. The summed E-state index contributed by atoms with van der Waals surface area (Å²) in [6, 6.07) is 7.52. The Hall–Kier alpha value is -0.990. The van der Waals surface area contributed by atoms with Gasteiger partial charge in [0, 0.05) is 21.1 Å². The van der Waals surface area contributed by atoms with Gasteiger partial charge in [0.05, 0.1) is 5.69 Å². The third kappa shape index (κ3) is 4.27. The number of benzene rings is 1. The van der Waals surface area contributed by atoms with Crippen molar-refractivity contribution in [2.45, 2.75) is 25.8 Å². The van der Waals surface area contributed by atoms with Crippen LogP contribution in [0.3, 0.4) is 0 Å². The molecule has 1 saturated heterocycles. The maximum absolute atomic E-state index is 12.2. The predicted molar refractivity (Wildman–Crippen MR) is 98.4 cm³/mol. The van der Waals surface area contributed by atoms with E-state index in [4.69, 9.17) is 0 Å². The maximum Gasteiger partial charge on any atom is 0.257 e. The number of halogens is 1. The summed E-state index contributed by atoms with van der Waals surface area (Å²) in [6.45, 7) is 3.19. The third-order valence-corrected chi connectivity index (χ3v) is 5.24. The molecule has 22 heavy (non-hydrogen) atoms. The van der Waals surface area contributed by atoms with Gasteiger partial charge < -0.3 is 0 Å². The highest BCUT2D eigenvalue weighted by atomic mass is 127. The molecule has 0 aliphatic carbocycles. The van der Waals surface area contributed by atoms with Gasteiger partial charge in [0.2, 0.25) is 0 Å². The van der Waals surface area contributed by atoms with Crippen LogP contribution < -0.4 is 5.32 Å². The van der Waals surface area contributed by atoms with Gasteiger partial charge in [0.15, 0.2) is 5.13 Å². The minimum absolute atomic E-state index is 0.102. The third-order valence-electron chi connectivity index (χ3n) is 3.71. The second-order valence-electron chi connectivity index (χ2n) is 5.44. The van der Waals surface area contributed by atoms with Crippen molar-refractivity contribution in [3.8, 4) is 0 Å². The van der Waals surface area contributed by atoms with E-state index in [1.807, 2.05) is 29.6 Å². The first kappa shape index (κ1) is 15.9. The van der Waals surface area contributed by atoms with Crippen molar-refractivity contribution in [2.75, 3.05) is 18.4 Å². The van der Waals surface area contributed by atoms with Crippen LogP contribution in [0.15, 0.2) is 29.6 Å². The van der Waals surface area contributed by atoms with Crippen LogP contribution in [0.1, 0.15) is 35.3 Å². The summed E-state index contributed by atoms with van der Waals surface area (Å²) in [5.41, 5.74) is 1.71. The summed E-state index contributed by atoms with van der Waals surface area (Å²) >= 11 is 3.72. The van der Waals surface area contributed by atoms with Crippen LogP contribution in [0, 0.1) is 3.57 Å². The summed E-state index contributed by atoms with van der Waals surface area (Å²) < 4.78 is 1.12. The Morgan fingerprint density at radius 3 is 2.68 bits per heavy atom. The number of hydrogen-bond acceptors (Lipinski definition) is 4. The zero-order valence-electron chi connectivity index (χ0n) is 12.2. The zero-order valence-corrected chi connectivity index (χ0v) is 15.2. The topological polar surface area (TPSA) is 45.2 Å². The van der Waals surface area contributed by atoms with E-state index in [0.717, 1.165) is 28.9 Å². The Labute approximate surface area is 148 Å². The summed E-state index contributed by atoms with van der Waals surface area (Å²) in [6.07, 6.45) is 3.89. The Morgan fingerprint density at radius 1 is 1.23 bits per heavy atom. The largest absolute Gasteiger partial charge is 0.298 e. The summed E-state index contributed by atoms with van der Waals surface area (Å²) in [7, 11) is 0. The van der Waals surface area contributed by atoms with Crippen LogP contribution in [-0.4, -0.2) is 28.9 Å². The Balaban J connectivity index is 1.58. The number of thiazole rings is 1. The number of aromatic nitrogens is 1. The molecule has 1 N–H and O–H groups in total. The molecule has 3 rings (SSSR count). The van der Waals surface area contributed by atoms with Gasteiger partial charge in [-0.2, -0.15) is 0 Å². The Kier molecular flexibility index (Phi) is 5.43. The summed E-state index contributed by atoms with van der Waals surface area (Å²) in [5, 5.41) is 5.60. The van der Waals surface area contributed by atoms with Crippen LogP contribution >= 0.6 is 33.9 Å². The first-order valence-electron chi connectivity index (χ1n) is 7.44. The highest BCUT2D eigenvalue weighted by Gasteiger charge is 2.13. The second kappa shape index (κ2) is 7.52. The smallest absolute Gasteiger partial charge is 0.257 e. The van der Waals surface area contributed by atoms with Crippen molar-refractivity contribution >= 4 is 45.0 Å². The first-order valence-corrected chi connectivity index (χ1v) is 9.40. The number of piperidine rings is 1. The molecule has 1 fully saturated rings. The molecular formula is C16H18IN3OS. The fourth-order valence-corrected chi connectivity index (χ4v) is 3.61. The monoisotopic (exact) mass is 427 g/mol. The van der Waals surface area contributed by atoms with Gasteiger partial charge in [-0.1, -0.05) is 6.42 Å². The maximum atomic E-state index is 12.2. The lowest BCUT2D eigenvalue weighted by atomic mass is 10.1. The number of hydrogen-bond donors (Lipinski definition) is 1. The molecule has 0 atom stereocenters. The highest BCUT2D eigenvalue weighted by molar-refractivity contribution is 14.1. The predicted octanol–water partition coefficient (Wildman–Crippen LogP) is 3.99. The van der Waals surface area contributed by atoms with Crippen LogP contribution in [0.5, 0.6) is 0 Å². The van der Waals surface area contributed by atoms with E-state index < -0.39 is 0 Å². The number of nitrogens with one attached hydrogen (secondary N) is 1. The molecule has 0 saturated carbocycles. The van der Waals surface area contributed by atoms with E-state index in [1.165, 1.54) is 30.6 Å². The number of rotatable bonds is 4. The first-order chi connectivity index (χ1) is 10.7. The number of nitrogens with zero attached hydrogens (tertiary/aromatic N) is 2. The Morgan fingerprint density at radius 2 is 1.95 bits per heavy atom. The van der Waals surface area contributed by atoms with Crippen molar-refractivity contribution in [1.29, 1.82) is 0 Å². The molecule has 2 aromatic rings. The Bertz CT molecular complexity index is 635. The van der Waals surface area contributed by atoms with Gasteiger partial charge in [-0.25, -0.2) is 4.98 Å². The molecule has 1 amide bonds. The van der Waals surface area contributed by atoms with Gasteiger partial charge in [-0.15, -0.1) is 11.3 Å². The van der Waals surface area contributed by atoms with E-state index in [0.29, 0.717) is 10.7 Å². The van der Waals surface area contributed by atoms with E-state index in [9.17, 15) is 4.79 Å². The van der Waals surface area contributed by atoms with Crippen LogP contribution in [0.2, 0.25) is 0 Å². The molecule has 6 heteroatoms. The molecule has 2 heterocycles. The molecule has 1 aromatic heterocycles. The standard InChI is InChI=1S/C16H18IN3OS/c17-13-6-4-12(5-7-13)15(21)19-16-18-14(11-22-16)10-20-8-2-1-3-9-20/h4-7,11H,1-3,8-10H2,(H,18,19,21). The molecule has 1 aromatic carbocycles. The normalized spacial score (nSPS) is 15.7. The number of likely N-dealkylation sites (tertiary alicyclic amines) is 1. The lowest BCUT2D eigenvalue weighted by Gasteiger charge is -2.25. The van der Waals surface area contributed by atoms with Gasteiger partial charge in [0.25, 0.3) is 5.91 Å². The average molecular weight is 427 g/mol. The minimum atomic E-state index is -0.102. The van der Waals surface area contributed by atoms with Gasteiger partial charge in [-0.3, -0.25) is 15.0 Å². The van der Waals surface area contributed by atoms with Gasteiger partial charge >= 0.3 is 0 Å². The van der Waals surface area contributed by atoms with E-state index in [1.54, 1.807) is 0 Å². The van der Waals surface area contributed by atoms with Crippen molar-refractivity contribution < 1.29 is 4.79 Å². The summed E-state index contributed by atoms with van der Waals surface area (Å²) in [4.78, 5) is 19.1. The van der Waals surface area contributed by atoms with Crippen molar-refractivity contribution in [3.05, 3.63) is 44.5 Å². The number of carbonyl (C=O) groups excluding carboxylic acids is 1. The molecule has 116 valence electrons. The minimum Gasteiger partial charge on any atom is -0.298 e. The van der Waals surface area contributed by atoms with E-state index in [-0.39, 0.29) is 5.91 Å². The number of amides is 1. The lowest BCUT2D eigenvalue weighted by Crippen LogP contribution is -2.29. The van der Waals surface area contributed by atoms with Crippen molar-refractivity contribution in [3.63, 3.8) is 0 Å². The second-order valence-corrected chi connectivity index (χ2v) is 7.55. The molecular weight excluding hydrogens is 409 g/mol. The number of anilines is 1. The number of carbonyl (C=O) groups is 1. The van der Waals surface area contributed by atoms with E-state index in [2.05, 4.69) is 37.8 Å². The molecule has 0 spiro atoms. The molecule has 0 unspecified atom stereocenters. The molecule has 0 bridgehead atoms. The average Bonchev–Trinajstić information content (AvgIpc) is 2.96. The van der Waals surface area contributed by atoms with Crippen molar-refractivity contribution in [1.82, 2.24) is 9.88 Å². The van der Waals surface area contributed by atoms with Crippen molar-refractivity contribution in [2.24, 2.45) is 0 Å². The zero-order chi connectivity index (χ0) is 15.4. The SMILES string of the molecule is O=C(Nc1nc(CN2CCCCC2)cs1)c1ccc(I)cc1. The van der Waals surface area contributed by atoms with Crippen LogP contribution in [-0.2, 0) is 6.54 Å². The van der Waals surface area contributed by atoms with Crippen LogP contribution in [0.25, 0.3) is 0 Å². The molecule has 0 radical (unpaired) electrons. The highest BCUT2D eigenvalue weighted by Crippen LogP contribution is 2.19. The fraction of sp³-hybridized carbons (Fsp3) is 0.375. The van der Waals surface area contributed by atoms with Gasteiger partial charge in [-0.05, 0) is 72.8 Å². The van der Waals surface area contributed by atoms with Crippen LogP contribution in [0.4, 0.5) is 5.13 Å². The van der Waals surface area contributed by atoms with Gasteiger partial charge in [0.1, 0.15) is 0 Å².